The third kappa shape index (κ3) is 3.28. The van der Waals surface area contributed by atoms with Crippen LogP contribution >= 0.6 is 11.6 Å². The summed E-state index contributed by atoms with van der Waals surface area (Å²) in [5.41, 5.74) is 5.65. The number of halogens is 4. The fourth-order valence-electron chi connectivity index (χ4n) is 1.10. The molecular formula is C10H11ClF3NO. The molecule has 1 rings (SSSR count). The van der Waals surface area contributed by atoms with Gasteiger partial charge in [-0.25, -0.2) is 0 Å². The van der Waals surface area contributed by atoms with Crippen molar-refractivity contribution in [1.82, 2.24) is 0 Å². The van der Waals surface area contributed by atoms with Crippen LogP contribution in [0.5, 0.6) is 5.75 Å². The molecule has 0 spiro atoms. The molecule has 0 fully saturated rings. The largest absolute Gasteiger partial charge is 0.480 e. The van der Waals surface area contributed by atoms with Gasteiger partial charge in [0.25, 0.3) is 0 Å². The number of hydrogen-bond acceptors (Lipinski definition) is 2. The highest BCUT2D eigenvalue weighted by Gasteiger charge is 2.40. The van der Waals surface area contributed by atoms with Gasteiger partial charge in [-0.15, -0.1) is 0 Å². The molecule has 0 aliphatic rings. The van der Waals surface area contributed by atoms with Crippen LogP contribution in [0.2, 0.25) is 5.02 Å². The Morgan fingerprint density at radius 2 is 2.06 bits per heavy atom. The van der Waals surface area contributed by atoms with Gasteiger partial charge in [-0.2, -0.15) is 13.2 Å². The lowest BCUT2D eigenvalue weighted by molar-refractivity contribution is -0.191. The van der Waals surface area contributed by atoms with Crippen molar-refractivity contribution in [3.05, 3.63) is 28.8 Å². The molecule has 0 aromatic heterocycles. The van der Waals surface area contributed by atoms with E-state index in [-0.39, 0.29) is 5.75 Å². The van der Waals surface area contributed by atoms with Crippen molar-refractivity contribution in [3.8, 4) is 5.75 Å². The molecule has 2 nitrogen and oxygen atoms in total. The van der Waals surface area contributed by atoms with E-state index >= 15 is 0 Å². The Bertz CT molecular complexity index is 368. The zero-order chi connectivity index (χ0) is 12.3. The highest BCUT2D eigenvalue weighted by atomic mass is 35.5. The van der Waals surface area contributed by atoms with Gasteiger partial charge < -0.3 is 10.5 Å². The van der Waals surface area contributed by atoms with Gasteiger partial charge in [0.1, 0.15) is 5.75 Å². The highest BCUT2D eigenvalue weighted by molar-refractivity contribution is 6.31. The van der Waals surface area contributed by atoms with Crippen molar-refractivity contribution < 1.29 is 17.9 Å². The van der Waals surface area contributed by atoms with Crippen LogP contribution in [0.1, 0.15) is 5.56 Å². The predicted molar refractivity (Wildman–Crippen MR) is 55.7 cm³/mol. The van der Waals surface area contributed by atoms with Crippen LogP contribution in [0.25, 0.3) is 0 Å². The predicted octanol–water partition coefficient (Wildman–Crippen LogP) is 2.92. The topological polar surface area (TPSA) is 35.2 Å². The average molecular weight is 254 g/mol. The second kappa shape index (κ2) is 4.93. The van der Waals surface area contributed by atoms with Gasteiger partial charge in [-0.05, 0) is 30.7 Å². The van der Waals surface area contributed by atoms with E-state index in [1.807, 2.05) is 0 Å². The van der Waals surface area contributed by atoms with Gasteiger partial charge in [0.05, 0.1) is 0 Å². The second-order valence-electron chi connectivity index (χ2n) is 3.29. The Balaban J connectivity index is 2.83. The first-order valence-electron chi connectivity index (χ1n) is 4.54. The molecule has 1 aromatic carbocycles. The monoisotopic (exact) mass is 253 g/mol. The Hall–Kier alpha value is -0.940. The Morgan fingerprint density at radius 3 is 2.50 bits per heavy atom. The number of aryl methyl sites for hydroxylation is 1. The van der Waals surface area contributed by atoms with Crippen molar-refractivity contribution in [1.29, 1.82) is 0 Å². The molecule has 1 unspecified atom stereocenters. The molecule has 0 aliphatic carbocycles. The molecule has 6 heteroatoms. The lowest BCUT2D eigenvalue weighted by Gasteiger charge is -2.20. The van der Waals surface area contributed by atoms with Gasteiger partial charge in [0, 0.05) is 11.6 Å². The first kappa shape index (κ1) is 13.1. The van der Waals surface area contributed by atoms with Crippen molar-refractivity contribution >= 4 is 11.6 Å². The van der Waals surface area contributed by atoms with E-state index in [0.717, 1.165) is 0 Å². The molecule has 0 amide bonds. The summed E-state index contributed by atoms with van der Waals surface area (Å²) >= 11 is 5.74. The van der Waals surface area contributed by atoms with Crippen molar-refractivity contribution in [2.45, 2.75) is 19.2 Å². The lowest BCUT2D eigenvalue weighted by atomic mass is 10.2. The zero-order valence-electron chi connectivity index (χ0n) is 8.51. The minimum Gasteiger partial charge on any atom is -0.480 e. The molecule has 0 saturated carbocycles. The molecule has 0 radical (unpaired) electrons. The van der Waals surface area contributed by atoms with E-state index < -0.39 is 18.8 Å². The molecule has 0 aliphatic heterocycles. The van der Waals surface area contributed by atoms with Crippen LogP contribution in [-0.4, -0.2) is 18.8 Å². The molecule has 1 atom stereocenters. The molecule has 2 N–H and O–H groups in total. The second-order valence-corrected chi connectivity index (χ2v) is 3.70. The molecule has 0 saturated heterocycles. The zero-order valence-corrected chi connectivity index (χ0v) is 9.27. The van der Waals surface area contributed by atoms with E-state index in [0.29, 0.717) is 10.6 Å². The lowest BCUT2D eigenvalue weighted by Crippen LogP contribution is -2.40. The van der Waals surface area contributed by atoms with E-state index in [1.54, 1.807) is 6.92 Å². The van der Waals surface area contributed by atoms with E-state index in [4.69, 9.17) is 22.1 Å². The normalized spacial score (nSPS) is 13.6. The van der Waals surface area contributed by atoms with Crippen LogP contribution in [-0.2, 0) is 0 Å². The van der Waals surface area contributed by atoms with Crippen LogP contribution in [0.15, 0.2) is 18.2 Å². The minimum absolute atomic E-state index is 0.106. The summed E-state index contributed by atoms with van der Waals surface area (Å²) in [6.45, 7) is 1.06. The maximum absolute atomic E-state index is 12.4. The number of rotatable bonds is 3. The van der Waals surface area contributed by atoms with Crippen molar-refractivity contribution in [2.24, 2.45) is 5.73 Å². The van der Waals surface area contributed by atoms with E-state index in [2.05, 4.69) is 0 Å². The van der Waals surface area contributed by atoms with Crippen LogP contribution in [0, 0.1) is 6.92 Å². The van der Waals surface area contributed by atoms with Crippen LogP contribution < -0.4 is 10.5 Å². The summed E-state index contributed by atoms with van der Waals surface area (Å²) in [5.74, 6) is 0.106. The Morgan fingerprint density at radius 1 is 1.44 bits per heavy atom. The fraction of sp³-hybridized carbons (Fsp3) is 0.400. The van der Waals surface area contributed by atoms with Gasteiger partial charge in [-0.3, -0.25) is 0 Å². The number of ether oxygens (including phenoxy) is 1. The maximum Gasteiger partial charge on any atom is 0.426 e. The summed E-state index contributed by atoms with van der Waals surface area (Å²) in [7, 11) is 0. The van der Waals surface area contributed by atoms with Gasteiger partial charge in [0.15, 0.2) is 0 Å². The SMILES string of the molecule is Cc1cc(OC(CN)C(F)(F)F)ccc1Cl. The van der Waals surface area contributed by atoms with Gasteiger partial charge >= 0.3 is 6.18 Å². The summed E-state index contributed by atoms with van der Waals surface area (Å²) < 4.78 is 41.8. The molecule has 90 valence electrons. The quantitative estimate of drug-likeness (QED) is 0.899. The summed E-state index contributed by atoms with van der Waals surface area (Å²) in [6, 6.07) is 4.30. The summed E-state index contributed by atoms with van der Waals surface area (Å²) in [6.07, 6.45) is -6.46. The smallest absolute Gasteiger partial charge is 0.426 e. The first-order chi connectivity index (χ1) is 7.34. The van der Waals surface area contributed by atoms with Crippen molar-refractivity contribution in [2.75, 3.05) is 6.54 Å². The van der Waals surface area contributed by atoms with Gasteiger partial charge in [0.2, 0.25) is 6.10 Å². The third-order valence-corrected chi connectivity index (χ3v) is 2.41. The number of nitrogens with two attached hydrogens (primary N) is 1. The third-order valence-electron chi connectivity index (χ3n) is 1.99. The van der Waals surface area contributed by atoms with E-state index in [1.165, 1.54) is 18.2 Å². The maximum atomic E-state index is 12.4. The molecule has 0 bridgehead atoms. The standard InChI is InChI=1S/C10H11ClF3NO/c1-6-4-7(2-3-8(6)11)16-9(5-15)10(12,13)14/h2-4,9H,5,15H2,1H3. The van der Waals surface area contributed by atoms with Gasteiger partial charge in [-0.1, -0.05) is 11.6 Å². The molecule has 1 aromatic rings. The first-order valence-corrected chi connectivity index (χ1v) is 4.92. The Kier molecular flexibility index (Phi) is 4.04. The number of benzene rings is 1. The van der Waals surface area contributed by atoms with Crippen LogP contribution in [0.4, 0.5) is 13.2 Å². The highest BCUT2D eigenvalue weighted by Crippen LogP contribution is 2.27. The number of alkyl halides is 3. The average Bonchev–Trinajstić information content (AvgIpc) is 2.18. The Labute approximate surface area is 96.1 Å². The van der Waals surface area contributed by atoms with Crippen LogP contribution in [0.3, 0.4) is 0 Å². The number of hydrogen-bond donors (Lipinski definition) is 1. The fourth-order valence-corrected chi connectivity index (χ4v) is 1.22. The summed E-state index contributed by atoms with van der Waals surface area (Å²) in [5, 5.41) is 0.476. The molecular weight excluding hydrogens is 243 g/mol. The van der Waals surface area contributed by atoms with Crippen molar-refractivity contribution in [3.63, 3.8) is 0 Å². The van der Waals surface area contributed by atoms with E-state index in [9.17, 15) is 13.2 Å². The minimum atomic E-state index is -4.47. The molecule has 16 heavy (non-hydrogen) atoms. The summed E-state index contributed by atoms with van der Waals surface area (Å²) in [4.78, 5) is 0. The molecule has 0 heterocycles.